The summed E-state index contributed by atoms with van der Waals surface area (Å²) in [5, 5.41) is 8.81. The number of carbonyl (C=O) groups excluding carboxylic acids is 1. The lowest BCUT2D eigenvalue weighted by atomic mass is 10.2. The van der Waals surface area contributed by atoms with Gasteiger partial charge in [0.15, 0.2) is 0 Å². The molecule has 4 heteroatoms. The molecule has 0 saturated heterocycles. The number of benzene rings is 2. The van der Waals surface area contributed by atoms with Gasteiger partial charge in [0.05, 0.1) is 0 Å². The quantitative estimate of drug-likeness (QED) is 0.781. The summed E-state index contributed by atoms with van der Waals surface area (Å²) in [6.45, 7) is 1.23. The molecule has 0 fully saturated rings. The highest BCUT2D eigenvalue weighted by Gasteiger charge is 2.05. The molecule has 0 aliphatic rings. The van der Waals surface area contributed by atoms with Gasteiger partial charge >= 0.3 is 6.03 Å². The van der Waals surface area contributed by atoms with Crippen molar-refractivity contribution in [3.8, 4) is 0 Å². The van der Waals surface area contributed by atoms with Crippen molar-refractivity contribution in [2.75, 3.05) is 12.4 Å². The predicted octanol–water partition coefficient (Wildman–Crippen LogP) is 2.73. The van der Waals surface area contributed by atoms with Crippen LogP contribution in [0.4, 0.5) is 10.5 Å². The van der Waals surface area contributed by atoms with Crippen molar-refractivity contribution in [1.29, 1.82) is 0 Å². The second-order valence-electron chi connectivity index (χ2n) is 4.48. The number of anilines is 1. The second kappa shape index (κ2) is 7.31. The predicted molar refractivity (Wildman–Crippen MR) is 81.5 cm³/mol. The molecular weight excluding hydrogens is 250 g/mol. The molecule has 4 nitrogen and oxygen atoms in total. The summed E-state index contributed by atoms with van der Waals surface area (Å²) in [7, 11) is 1.88. The first-order chi connectivity index (χ1) is 9.79. The fourth-order valence-electron chi connectivity index (χ4n) is 1.93. The largest absolute Gasteiger partial charge is 0.334 e. The summed E-state index contributed by atoms with van der Waals surface area (Å²) < 4.78 is 0. The minimum atomic E-state index is -0.197. The molecule has 0 aliphatic heterocycles. The van der Waals surface area contributed by atoms with Gasteiger partial charge in [-0.25, -0.2) is 4.79 Å². The maximum atomic E-state index is 11.9. The Balaban J connectivity index is 1.91. The second-order valence-corrected chi connectivity index (χ2v) is 4.48. The standard InChI is InChI=1S/C16H19N3O/c1-17-12-14-9-5-6-10-15(14)19-16(20)18-11-13-7-3-2-4-8-13/h2-10,17H,11-12H2,1H3,(H2,18,19,20). The van der Waals surface area contributed by atoms with Crippen LogP contribution in [-0.4, -0.2) is 13.1 Å². The number of rotatable bonds is 5. The van der Waals surface area contributed by atoms with Crippen LogP contribution in [0, 0.1) is 0 Å². The monoisotopic (exact) mass is 269 g/mol. The Kier molecular flexibility index (Phi) is 5.15. The molecule has 0 radical (unpaired) electrons. The van der Waals surface area contributed by atoms with Gasteiger partial charge in [0.25, 0.3) is 0 Å². The van der Waals surface area contributed by atoms with E-state index in [-0.39, 0.29) is 6.03 Å². The van der Waals surface area contributed by atoms with Gasteiger partial charge in [-0.05, 0) is 24.2 Å². The lowest BCUT2D eigenvalue weighted by molar-refractivity contribution is 0.251. The number of carbonyl (C=O) groups is 1. The Morgan fingerprint density at radius 2 is 1.65 bits per heavy atom. The molecule has 0 unspecified atom stereocenters. The van der Waals surface area contributed by atoms with Crippen molar-refractivity contribution in [2.45, 2.75) is 13.1 Å². The minimum Gasteiger partial charge on any atom is -0.334 e. The highest BCUT2D eigenvalue weighted by molar-refractivity contribution is 5.90. The minimum absolute atomic E-state index is 0.197. The van der Waals surface area contributed by atoms with Gasteiger partial charge < -0.3 is 16.0 Å². The number of hydrogen-bond donors (Lipinski definition) is 3. The summed E-state index contributed by atoms with van der Waals surface area (Å²) in [6, 6.07) is 17.4. The van der Waals surface area contributed by atoms with E-state index in [4.69, 9.17) is 0 Å². The van der Waals surface area contributed by atoms with E-state index in [9.17, 15) is 4.79 Å². The van der Waals surface area contributed by atoms with Crippen LogP contribution in [0.15, 0.2) is 54.6 Å². The summed E-state index contributed by atoms with van der Waals surface area (Å²) in [5.74, 6) is 0. The molecule has 0 aromatic heterocycles. The van der Waals surface area contributed by atoms with Gasteiger partial charge in [-0.3, -0.25) is 0 Å². The Morgan fingerprint density at radius 3 is 2.40 bits per heavy atom. The SMILES string of the molecule is CNCc1ccccc1NC(=O)NCc1ccccc1. The highest BCUT2D eigenvalue weighted by Crippen LogP contribution is 2.14. The van der Waals surface area contributed by atoms with E-state index in [0.29, 0.717) is 6.54 Å². The van der Waals surface area contributed by atoms with Crippen LogP contribution in [0.1, 0.15) is 11.1 Å². The van der Waals surface area contributed by atoms with Crippen LogP contribution in [0.25, 0.3) is 0 Å². The Labute approximate surface area is 119 Å². The third-order valence-electron chi connectivity index (χ3n) is 2.93. The summed E-state index contributed by atoms with van der Waals surface area (Å²) >= 11 is 0. The highest BCUT2D eigenvalue weighted by atomic mass is 16.2. The number of amides is 2. The normalized spacial score (nSPS) is 10.1. The van der Waals surface area contributed by atoms with Gasteiger partial charge in [-0.15, -0.1) is 0 Å². The topological polar surface area (TPSA) is 53.2 Å². The van der Waals surface area contributed by atoms with E-state index in [1.165, 1.54) is 0 Å². The van der Waals surface area contributed by atoms with Crippen molar-refractivity contribution in [3.63, 3.8) is 0 Å². The molecule has 20 heavy (non-hydrogen) atoms. The molecule has 0 aliphatic carbocycles. The number of urea groups is 1. The van der Waals surface area contributed by atoms with Crippen LogP contribution < -0.4 is 16.0 Å². The Morgan fingerprint density at radius 1 is 0.950 bits per heavy atom. The summed E-state index contributed by atoms with van der Waals surface area (Å²) in [6.07, 6.45) is 0. The van der Waals surface area contributed by atoms with Crippen LogP contribution in [-0.2, 0) is 13.1 Å². The molecular formula is C16H19N3O. The zero-order chi connectivity index (χ0) is 14.2. The van der Waals surface area contributed by atoms with Crippen LogP contribution in [0.5, 0.6) is 0 Å². The van der Waals surface area contributed by atoms with E-state index in [2.05, 4.69) is 16.0 Å². The molecule has 0 bridgehead atoms. The van der Waals surface area contributed by atoms with Crippen molar-refractivity contribution in [2.24, 2.45) is 0 Å². The Bertz CT molecular complexity index is 555. The average molecular weight is 269 g/mol. The van der Waals surface area contributed by atoms with Crippen molar-refractivity contribution >= 4 is 11.7 Å². The van der Waals surface area contributed by atoms with Crippen LogP contribution in [0.3, 0.4) is 0 Å². The fourth-order valence-corrected chi connectivity index (χ4v) is 1.93. The van der Waals surface area contributed by atoms with E-state index in [1.54, 1.807) is 0 Å². The fraction of sp³-hybridized carbons (Fsp3) is 0.188. The molecule has 2 aromatic carbocycles. The van der Waals surface area contributed by atoms with E-state index in [0.717, 1.165) is 23.4 Å². The van der Waals surface area contributed by atoms with E-state index in [1.807, 2.05) is 61.6 Å². The molecule has 2 rings (SSSR count). The van der Waals surface area contributed by atoms with Crippen LogP contribution >= 0.6 is 0 Å². The van der Waals surface area contributed by atoms with Crippen molar-refractivity contribution in [3.05, 3.63) is 65.7 Å². The first-order valence-corrected chi connectivity index (χ1v) is 6.61. The lowest BCUT2D eigenvalue weighted by Crippen LogP contribution is -2.28. The molecule has 0 spiro atoms. The zero-order valence-electron chi connectivity index (χ0n) is 11.5. The third kappa shape index (κ3) is 4.10. The molecule has 0 heterocycles. The first-order valence-electron chi connectivity index (χ1n) is 6.61. The number of para-hydroxylation sites is 1. The number of hydrogen-bond acceptors (Lipinski definition) is 2. The van der Waals surface area contributed by atoms with E-state index >= 15 is 0 Å². The summed E-state index contributed by atoms with van der Waals surface area (Å²) in [4.78, 5) is 11.9. The molecule has 2 amide bonds. The van der Waals surface area contributed by atoms with Gasteiger partial charge in [-0.1, -0.05) is 48.5 Å². The molecule has 104 valence electrons. The van der Waals surface area contributed by atoms with E-state index < -0.39 is 0 Å². The van der Waals surface area contributed by atoms with Crippen molar-refractivity contribution in [1.82, 2.24) is 10.6 Å². The van der Waals surface area contributed by atoms with Gasteiger partial charge in [-0.2, -0.15) is 0 Å². The smallest absolute Gasteiger partial charge is 0.319 e. The van der Waals surface area contributed by atoms with Gasteiger partial charge in [0.2, 0.25) is 0 Å². The molecule has 3 N–H and O–H groups in total. The van der Waals surface area contributed by atoms with Gasteiger partial charge in [0, 0.05) is 18.8 Å². The molecule has 0 atom stereocenters. The van der Waals surface area contributed by atoms with Crippen molar-refractivity contribution < 1.29 is 4.79 Å². The third-order valence-corrected chi connectivity index (χ3v) is 2.93. The maximum Gasteiger partial charge on any atom is 0.319 e. The molecule has 2 aromatic rings. The maximum absolute atomic E-state index is 11.9. The Hall–Kier alpha value is -2.33. The first kappa shape index (κ1) is 14.1. The molecule has 0 saturated carbocycles. The summed E-state index contributed by atoms with van der Waals surface area (Å²) in [5.41, 5.74) is 2.96. The average Bonchev–Trinajstić information content (AvgIpc) is 2.49. The number of nitrogens with one attached hydrogen (secondary N) is 3. The lowest BCUT2D eigenvalue weighted by Gasteiger charge is -2.11. The zero-order valence-corrected chi connectivity index (χ0v) is 11.5. The van der Waals surface area contributed by atoms with Gasteiger partial charge in [0.1, 0.15) is 0 Å². The van der Waals surface area contributed by atoms with Crippen LogP contribution in [0.2, 0.25) is 0 Å².